The van der Waals surface area contributed by atoms with Gasteiger partial charge in [0.1, 0.15) is 7.85 Å². The molecule has 2 atom stereocenters. The van der Waals surface area contributed by atoms with E-state index in [-0.39, 0.29) is 0 Å². The molecule has 1 heteroatoms. The van der Waals surface area contributed by atoms with Crippen LogP contribution in [0.2, 0.25) is 5.31 Å². The van der Waals surface area contributed by atoms with Gasteiger partial charge in [0.15, 0.2) is 0 Å². The van der Waals surface area contributed by atoms with Crippen molar-refractivity contribution in [2.45, 2.75) is 117 Å². The van der Waals surface area contributed by atoms with Gasteiger partial charge in [-0.2, -0.15) is 0 Å². The highest BCUT2D eigenvalue weighted by atomic mass is 14.4. The molecule has 0 saturated carbocycles. The van der Waals surface area contributed by atoms with Gasteiger partial charge >= 0.3 is 0 Å². The van der Waals surface area contributed by atoms with E-state index in [1.54, 1.807) is 0 Å². The minimum Gasteiger partial charge on any atom is -0.0664 e. The standard InChI is InChI=1S/C19H41B/c1-6-9-11-13-15-17-18(4,19(5,20)8-3)16-14-12-10-7-2/h6-17,20H2,1-5H3. The summed E-state index contributed by atoms with van der Waals surface area (Å²) in [5, 5.41) is 0.490. The molecule has 120 valence electrons. The second-order valence-corrected chi connectivity index (χ2v) is 7.77. The zero-order valence-electron chi connectivity index (χ0n) is 15.5. The first kappa shape index (κ1) is 20.1. The predicted octanol–water partition coefficient (Wildman–Crippen LogP) is 6.55. The van der Waals surface area contributed by atoms with Gasteiger partial charge in [0.2, 0.25) is 0 Å². The van der Waals surface area contributed by atoms with Crippen molar-refractivity contribution in [1.29, 1.82) is 0 Å². The van der Waals surface area contributed by atoms with E-state index in [9.17, 15) is 0 Å². The maximum Gasteiger partial charge on any atom is 0.109 e. The molecule has 0 aliphatic carbocycles. The number of hydrogen-bond donors (Lipinski definition) is 0. The monoisotopic (exact) mass is 280 g/mol. The topological polar surface area (TPSA) is 0 Å². The third kappa shape index (κ3) is 7.18. The highest BCUT2D eigenvalue weighted by Crippen LogP contribution is 2.52. The fraction of sp³-hybridized carbons (Fsp3) is 1.00. The van der Waals surface area contributed by atoms with Crippen LogP contribution in [0.4, 0.5) is 0 Å². The van der Waals surface area contributed by atoms with Gasteiger partial charge in [0.25, 0.3) is 0 Å². The van der Waals surface area contributed by atoms with Crippen LogP contribution in [0.15, 0.2) is 0 Å². The lowest BCUT2D eigenvalue weighted by Gasteiger charge is -2.45. The summed E-state index contributed by atoms with van der Waals surface area (Å²) in [5.74, 6) is 0. The Bertz CT molecular complexity index is 222. The highest BCUT2D eigenvalue weighted by Gasteiger charge is 2.38. The molecule has 0 radical (unpaired) electrons. The summed E-state index contributed by atoms with van der Waals surface area (Å²) in [6.45, 7) is 12.1. The van der Waals surface area contributed by atoms with Crippen LogP contribution in [0.1, 0.15) is 112 Å². The van der Waals surface area contributed by atoms with E-state index in [1.807, 2.05) is 0 Å². The van der Waals surface area contributed by atoms with E-state index < -0.39 is 0 Å². The largest absolute Gasteiger partial charge is 0.109 e. The Kier molecular flexibility index (Phi) is 10.8. The van der Waals surface area contributed by atoms with Crippen molar-refractivity contribution >= 4 is 7.85 Å². The Labute approximate surface area is 130 Å². The lowest BCUT2D eigenvalue weighted by atomic mass is 9.50. The summed E-state index contributed by atoms with van der Waals surface area (Å²) in [4.78, 5) is 0. The van der Waals surface area contributed by atoms with E-state index in [2.05, 4.69) is 42.5 Å². The SMILES string of the molecule is BC(C)(CC)C(C)(CCCCCC)CCCCCCC. The summed E-state index contributed by atoms with van der Waals surface area (Å²) in [6, 6.07) is 0. The van der Waals surface area contributed by atoms with Crippen molar-refractivity contribution < 1.29 is 0 Å². The summed E-state index contributed by atoms with van der Waals surface area (Å²) < 4.78 is 0. The average molecular weight is 280 g/mol. The second kappa shape index (κ2) is 10.7. The van der Waals surface area contributed by atoms with Gasteiger partial charge in [-0.25, -0.2) is 0 Å². The maximum absolute atomic E-state index is 2.57. The van der Waals surface area contributed by atoms with Gasteiger partial charge in [-0.3, -0.25) is 0 Å². The van der Waals surface area contributed by atoms with Crippen molar-refractivity contribution in [3.63, 3.8) is 0 Å². The molecule has 0 heterocycles. The molecule has 0 rings (SSSR count). The summed E-state index contributed by atoms with van der Waals surface area (Å²) in [7, 11) is 2.50. The molecule has 0 spiro atoms. The Morgan fingerprint density at radius 3 is 1.45 bits per heavy atom. The van der Waals surface area contributed by atoms with Crippen molar-refractivity contribution in [1.82, 2.24) is 0 Å². The van der Waals surface area contributed by atoms with Crippen LogP contribution in [0.3, 0.4) is 0 Å². The van der Waals surface area contributed by atoms with Gasteiger partial charge in [0.05, 0.1) is 0 Å². The zero-order chi connectivity index (χ0) is 15.5. The van der Waals surface area contributed by atoms with E-state index in [1.165, 1.54) is 77.0 Å². The van der Waals surface area contributed by atoms with Crippen molar-refractivity contribution in [2.24, 2.45) is 5.41 Å². The number of rotatable bonds is 13. The lowest BCUT2D eigenvalue weighted by molar-refractivity contribution is 0.166. The molecule has 0 aromatic heterocycles. The van der Waals surface area contributed by atoms with Crippen LogP contribution < -0.4 is 0 Å². The van der Waals surface area contributed by atoms with Crippen LogP contribution in [-0.4, -0.2) is 7.85 Å². The summed E-state index contributed by atoms with van der Waals surface area (Å²) in [5.41, 5.74) is 0.543. The first-order valence-corrected chi connectivity index (χ1v) is 9.43. The van der Waals surface area contributed by atoms with E-state index in [0.717, 1.165) is 0 Å². The molecule has 0 nitrogen and oxygen atoms in total. The smallest absolute Gasteiger partial charge is 0.0664 e. The zero-order valence-corrected chi connectivity index (χ0v) is 15.5. The summed E-state index contributed by atoms with van der Waals surface area (Å²) in [6.07, 6.45) is 16.9. The van der Waals surface area contributed by atoms with E-state index in [0.29, 0.717) is 10.7 Å². The number of unbranched alkanes of at least 4 members (excludes halogenated alkanes) is 7. The van der Waals surface area contributed by atoms with Crippen LogP contribution in [0.5, 0.6) is 0 Å². The van der Waals surface area contributed by atoms with Gasteiger partial charge < -0.3 is 0 Å². The second-order valence-electron chi connectivity index (χ2n) is 7.77. The van der Waals surface area contributed by atoms with Gasteiger partial charge in [-0.1, -0.05) is 104 Å². The van der Waals surface area contributed by atoms with Gasteiger partial charge in [0, 0.05) is 0 Å². The fourth-order valence-electron chi connectivity index (χ4n) is 3.29. The van der Waals surface area contributed by atoms with Crippen LogP contribution in [0, 0.1) is 5.41 Å². The predicted molar refractivity (Wildman–Crippen MR) is 97.4 cm³/mol. The Morgan fingerprint density at radius 1 is 0.650 bits per heavy atom. The first-order chi connectivity index (χ1) is 9.43. The van der Waals surface area contributed by atoms with Crippen molar-refractivity contribution in [3.05, 3.63) is 0 Å². The first-order valence-electron chi connectivity index (χ1n) is 9.43. The van der Waals surface area contributed by atoms with Gasteiger partial charge in [-0.05, 0) is 18.3 Å². The molecule has 0 aromatic rings. The quantitative estimate of drug-likeness (QED) is 0.265. The molecule has 0 aliphatic rings. The summed E-state index contributed by atoms with van der Waals surface area (Å²) >= 11 is 0. The molecule has 0 N–H and O–H groups in total. The molecule has 0 saturated heterocycles. The maximum atomic E-state index is 2.57. The number of hydrogen-bond acceptors (Lipinski definition) is 0. The highest BCUT2D eigenvalue weighted by molar-refractivity contribution is 6.15. The Hall–Kier alpha value is 0.0649. The molecule has 20 heavy (non-hydrogen) atoms. The molecular weight excluding hydrogens is 239 g/mol. The van der Waals surface area contributed by atoms with Crippen molar-refractivity contribution in [3.8, 4) is 0 Å². The molecule has 0 amide bonds. The normalized spacial score (nSPS) is 17.6. The van der Waals surface area contributed by atoms with E-state index in [4.69, 9.17) is 0 Å². The minimum atomic E-state index is 0.490. The third-order valence-corrected chi connectivity index (χ3v) is 5.93. The van der Waals surface area contributed by atoms with Gasteiger partial charge in [-0.15, -0.1) is 0 Å². The fourth-order valence-corrected chi connectivity index (χ4v) is 3.29. The molecule has 2 unspecified atom stereocenters. The minimum absolute atomic E-state index is 0.490. The molecule has 0 bridgehead atoms. The molecule has 0 aliphatic heterocycles. The van der Waals surface area contributed by atoms with Crippen LogP contribution in [0.25, 0.3) is 0 Å². The van der Waals surface area contributed by atoms with E-state index >= 15 is 0 Å². The molecular formula is C19H41B. The molecule has 0 fully saturated rings. The third-order valence-electron chi connectivity index (χ3n) is 5.93. The average Bonchev–Trinajstić information content (AvgIpc) is 2.43. The van der Waals surface area contributed by atoms with Crippen LogP contribution in [-0.2, 0) is 0 Å². The van der Waals surface area contributed by atoms with Crippen LogP contribution >= 0.6 is 0 Å². The Morgan fingerprint density at radius 2 is 1.05 bits per heavy atom. The lowest BCUT2D eigenvalue weighted by Crippen LogP contribution is -2.32. The Balaban J connectivity index is 4.31. The van der Waals surface area contributed by atoms with Crippen molar-refractivity contribution in [2.75, 3.05) is 0 Å². The molecule has 0 aromatic carbocycles.